The predicted molar refractivity (Wildman–Crippen MR) is 96.5 cm³/mol. The summed E-state index contributed by atoms with van der Waals surface area (Å²) in [5, 5.41) is 38.2. The Kier molecular flexibility index (Phi) is 4.12. The summed E-state index contributed by atoms with van der Waals surface area (Å²) in [5.74, 6) is 0. The Labute approximate surface area is 151 Å². The minimum absolute atomic E-state index is 0.0194. The van der Waals surface area contributed by atoms with E-state index >= 15 is 0 Å². The van der Waals surface area contributed by atoms with Gasteiger partial charge in [0.2, 0.25) is 0 Å². The van der Waals surface area contributed by atoms with E-state index in [9.17, 15) is 21.0 Å². The van der Waals surface area contributed by atoms with Crippen LogP contribution in [0.25, 0.3) is 11.1 Å². The average molecular weight is 332 g/mol. The number of rotatable bonds is 1. The van der Waals surface area contributed by atoms with Crippen LogP contribution in [0.15, 0.2) is 65.7 Å². The SMILES string of the molecule is CC1(c2ccccc2)C(=C(C#N)C#N)c2ccccc2C1=C(C#N)C#N. The van der Waals surface area contributed by atoms with Gasteiger partial charge in [0.25, 0.3) is 0 Å². The number of allylic oxidation sites excluding steroid dienone is 4. The summed E-state index contributed by atoms with van der Waals surface area (Å²) in [7, 11) is 0. The molecule has 0 unspecified atom stereocenters. The van der Waals surface area contributed by atoms with E-state index in [0.29, 0.717) is 22.3 Å². The Morgan fingerprint density at radius 3 is 1.42 bits per heavy atom. The third-order valence-electron chi connectivity index (χ3n) is 4.76. The van der Waals surface area contributed by atoms with Gasteiger partial charge < -0.3 is 0 Å². The van der Waals surface area contributed by atoms with Crippen molar-refractivity contribution in [1.29, 1.82) is 21.0 Å². The van der Waals surface area contributed by atoms with Gasteiger partial charge in [-0.25, -0.2) is 0 Å². The highest BCUT2D eigenvalue weighted by Gasteiger charge is 2.47. The lowest BCUT2D eigenvalue weighted by Crippen LogP contribution is -2.22. The fourth-order valence-corrected chi connectivity index (χ4v) is 3.69. The smallest absolute Gasteiger partial charge is 0.134 e. The van der Waals surface area contributed by atoms with Gasteiger partial charge in [-0.1, -0.05) is 54.6 Å². The van der Waals surface area contributed by atoms with Crippen LogP contribution in [0.2, 0.25) is 0 Å². The molecule has 26 heavy (non-hydrogen) atoms. The Morgan fingerprint density at radius 1 is 0.654 bits per heavy atom. The molecule has 0 aliphatic heterocycles. The second-order valence-corrected chi connectivity index (χ2v) is 5.98. The van der Waals surface area contributed by atoms with Crippen molar-refractivity contribution in [2.75, 3.05) is 0 Å². The third kappa shape index (κ3) is 2.19. The first-order valence-electron chi connectivity index (χ1n) is 7.88. The van der Waals surface area contributed by atoms with Gasteiger partial charge in [-0.15, -0.1) is 0 Å². The van der Waals surface area contributed by atoms with Crippen molar-refractivity contribution in [3.8, 4) is 24.3 Å². The summed E-state index contributed by atoms with van der Waals surface area (Å²) >= 11 is 0. The molecule has 0 amide bonds. The van der Waals surface area contributed by atoms with Crippen molar-refractivity contribution < 1.29 is 0 Å². The molecule has 0 aromatic heterocycles. The highest BCUT2D eigenvalue weighted by atomic mass is 14.5. The summed E-state index contributed by atoms with van der Waals surface area (Å²) in [4.78, 5) is 0. The predicted octanol–water partition coefficient (Wildman–Crippen LogP) is 4.26. The maximum atomic E-state index is 9.55. The normalized spacial score (nSPS) is 13.6. The molecule has 120 valence electrons. The van der Waals surface area contributed by atoms with Crippen molar-refractivity contribution >= 4 is 11.1 Å². The van der Waals surface area contributed by atoms with E-state index in [2.05, 4.69) is 0 Å². The molecule has 0 N–H and O–H groups in total. The van der Waals surface area contributed by atoms with E-state index in [1.54, 1.807) is 0 Å². The monoisotopic (exact) mass is 332 g/mol. The Balaban J connectivity index is 2.59. The molecule has 1 aliphatic carbocycles. The summed E-state index contributed by atoms with van der Waals surface area (Å²) in [6.45, 7) is 1.86. The van der Waals surface area contributed by atoms with E-state index in [4.69, 9.17) is 0 Å². The Bertz CT molecular complexity index is 1020. The van der Waals surface area contributed by atoms with Gasteiger partial charge >= 0.3 is 0 Å². The summed E-state index contributed by atoms with van der Waals surface area (Å²) in [6.07, 6.45) is 0. The number of benzene rings is 2. The van der Waals surface area contributed by atoms with Crippen LogP contribution in [-0.4, -0.2) is 0 Å². The van der Waals surface area contributed by atoms with E-state index in [0.717, 1.165) is 5.56 Å². The molecule has 0 fully saturated rings. The molecular formula is C22H12N4. The number of nitriles is 4. The van der Waals surface area contributed by atoms with Gasteiger partial charge in [-0.3, -0.25) is 0 Å². The lowest BCUT2D eigenvalue weighted by molar-refractivity contribution is 0.819. The topological polar surface area (TPSA) is 95.2 Å². The van der Waals surface area contributed by atoms with E-state index in [1.165, 1.54) is 0 Å². The van der Waals surface area contributed by atoms with Crippen LogP contribution in [0.3, 0.4) is 0 Å². The lowest BCUT2D eigenvalue weighted by atomic mass is 9.71. The fourth-order valence-electron chi connectivity index (χ4n) is 3.69. The van der Waals surface area contributed by atoms with Crippen molar-refractivity contribution in [3.05, 3.63) is 82.4 Å². The van der Waals surface area contributed by atoms with Gasteiger partial charge in [-0.2, -0.15) is 21.0 Å². The van der Waals surface area contributed by atoms with Crippen molar-refractivity contribution in [1.82, 2.24) is 0 Å². The molecule has 4 nitrogen and oxygen atoms in total. The minimum Gasteiger partial charge on any atom is -0.192 e. The van der Waals surface area contributed by atoms with Gasteiger partial charge in [0.05, 0.1) is 0 Å². The van der Waals surface area contributed by atoms with E-state index < -0.39 is 5.41 Å². The zero-order chi connectivity index (χ0) is 18.7. The highest BCUT2D eigenvalue weighted by molar-refractivity contribution is 6.06. The third-order valence-corrected chi connectivity index (χ3v) is 4.76. The molecule has 2 aromatic rings. The maximum Gasteiger partial charge on any atom is 0.134 e. The van der Waals surface area contributed by atoms with Crippen LogP contribution in [0.5, 0.6) is 0 Å². The minimum atomic E-state index is -0.952. The van der Waals surface area contributed by atoms with Crippen LogP contribution in [0.1, 0.15) is 23.6 Å². The van der Waals surface area contributed by atoms with Gasteiger partial charge in [0.1, 0.15) is 35.4 Å². The first-order valence-corrected chi connectivity index (χ1v) is 7.88. The quantitative estimate of drug-likeness (QED) is 0.729. The molecule has 0 spiro atoms. The zero-order valence-corrected chi connectivity index (χ0v) is 14.0. The summed E-state index contributed by atoms with van der Waals surface area (Å²) in [6, 6.07) is 24.6. The van der Waals surface area contributed by atoms with Crippen molar-refractivity contribution in [2.45, 2.75) is 12.3 Å². The molecule has 0 saturated heterocycles. The largest absolute Gasteiger partial charge is 0.192 e. The standard InChI is InChI=1S/C22H12N4/c1-22(17-7-3-2-4-8-17)20(15(11-23)12-24)18-9-5-6-10-19(18)21(22)16(13-25)14-26/h2-10H,1H3. The van der Waals surface area contributed by atoms with E-state index in [-0.39, 0.29) is 11.1 Å². The van der Waals surface area contributed by atoms with Crippen LogP contribution in [-0.2, 0) is 5.41 Å². The first-order chi connectivity index (χ1) is 12.6. The number of hydrogen-bond acceptors (Lipinski definition) is 4. The number of hydrogen-bond donors (Lipinski definition) is 0. The van der Waals surface area contributed by atoms with Crippen LogP contribution in [0.4, 0.5) is 0 Å². The van der Waals surface area contributed by atoms with Crippen LogP contribution >= 0.6 is 0 Å². The van der Waals surface area contributed by atoms with Crippen molar-refractivity contribution in [2.24, 2.45) is 0 Å². The van der Waals surface area contributed by atoms with Crippen LogP contribution in [0, 0.1) is 45.3 Å². The second-order valence-electron chi connectivity index (χ2n) is 5.98. The molecule has 1 aliphatic rings. The molecule has 0 bridgehead atoms. The van der Waals surface area contributed by atoms with Crippen LogP contribution < -0.4 is 0 Å². The van der Waals surface area contributed by atoms with Gasteiger partial charge in [0.15, 0.2) is 0 Å². The Morgan fingerprint density at radius 2 is 1.04 bits per heavy atom. The lowest BCUT2D eigenvalue weighted by Gasteiger charge is -2.29. The molecule has 3 rings (SSSR count). The summed E-state index contributed by atoms with van der Waals surface area (Å²) < 4.78 is 0. The average Bonchev–Trinajstić information content (AvgIpc) is 2.95. The molecule has 0 saturated carbocycles. The molecule has 4 heteroatoms. The molecule has 0 atom stereocenters. The maximum absolute atomic E-state index is 9.55. The number of fused-ring (bicyclic) bond motifs is 1. The molecule has 0 radical (unpaired) electrons. The Hall–Kier alpha value is -4.12. The molecule has 2 aromatic carbocycles. The van der Waals surface area contributed by atoms with E-state index in [1.807, 2.05) is 85.8 Å². The first kappa shape index (κ1) is 16.7. The highest BCUT2D eigenvalue weighted by Crippen LogP contribution is 2.57. The summed E-state index contributed by atoms with van der Waals surface area (Å²) in [5.41, 5.74) is 2.29. The second kappa shape index (κ2) is 6.41. The molecular weight excluding hydrogens is 320 g/mol. The number of nitrogens with zero attached hydrogens (tertiary/aromatic N) is 4. The zero-order valence-electron chi connectivity index (χ0n) is 14.0. The van der Waals surface area contributed by atoms with Gasteiger partial charge in [-0.05, 0) is 23.6 Å². The fraction of sp³-hybridized carbons (Fsp3) is 0.0909. The van der Waals surface area contributed by atoms with Gasteiger partial charge in [0, 0.05) is 16.6 Å². The van der Waals surface area contributed by atoms with Crippen molar-refractivity contribution in [3.63, 3.8) is 0 Å². The molecule has 0 heterocycles.